The van der Waals surface area contributed by atoms with Gasteiger partial charge in [-0.25, -0.2) is 0 Å². The molecule has 2 N–H and O–H groups in total. The zero-order chi connectivity index (χ0) is 11.6. The second-order valence-corrected chi connectivity index (χ2v) is 4.05. The van der Waals surface area contributed by atoms with E-state index in [0.717, 1.165) is 38.2 Å². The molecular weight excluding hydrogens is 198 g/mol. The molecule has 1 aromatic rings. The summed E-state index contributed by atoms with van der Waals surface area (Å²) in [5, 5.41) is 0. The van der Waals surface area contributed by atoms with Crippen LogP contribution in [-0.2, 0) is 6.42 Å². The molecular formula is C14H23NO. The molecule has 0 radical (unpaired) electrons. The first-order valence-electron chi connectivity index (χ1n) is 6.28. The Balaban J connectivity index is 2.12. The van der Waals surface area contributed by atoms with Gasteiger partial charge in [-0.1, -0.05) is 31.9 Å². The second-order valence-electron chi connectivity index (χ2n) is 4.05. The van der Waals surface area contributed by atoms with Crippen LogP contribution in [0.2, 0.25) is 0 Å². The van der Waals surface area contributed by atoms with Crippen molar-refractivity contribution in [2.24, 2.45) is 5.73 Å². The van der Waals surface area contributed by atoms with Gasteiger partial charge in [0.2, 0.25) is 0 Å². The monoisotopic (exact) mass is 221 g/mol. The molecule has 0 aliphatic rings. The van der Waals surface area contributed by atoms with E-state index in [1.807, 2.05) is 0 Å². The maximum absolute atomic E-state index is 5.65. The summed E-state index contributed by atoms with van der Waals surface area (Å²) in [6.45, 7) is 3.78. The lowest BCUT2D eigenvalue weighted by Crippen LogP contribution is -2.00. The van der Waals surface area contributed by atoms with Crippen LogP contribution in [-0.4, -0.2) is 13.2 Å². The summed E-state index contributed by atoms with van der Waals surface area (Å²) in [5.74, 6) is 0.982. The van der Waals surface area contributed by atoms with Gasteiger partial charge in [0, 0.05) is 0 Å². The number of hydrogen-bond donors (Lipinski definition) is 1. The van der Waals surface area contributed by atoms with Crippen molar-refractivity contribution < 1.29 is 4.74 Å². The molecule has 0 aromatic heterocycles. The van der Waals surface area contributed by atoms with E-state index < -0.39 is 0 Å². The van der Waals surface area contributed by atoms with Crippen LogP contribution in [0.15, 0.2) is 24.3 Å². The van der Waals surface area contributed by atoms with Crippen molar-refractivity contribution in [3.8, 4) is 5.75 Å². The van der Waals surface area contributed by atoms with Gasteiger partial charge < -0.3 is 10.5 Å². The summed E-state index contributed by atoms with van der Waals surface area (Å²) in [7, 11) is 0. The summed E-state index contributed by atoms with van der Waals surface area (Å²) >= 11 is 0. The van der Waals surface area contributed by atoms with E-state index in [4.69, 9.17) is 10.5 Å². The molecule has 0 bridgehead atoms. The minimum atomic E-state index is 0.805. The Morgan fingerprint density at radius 1 is 1.00 bits per heavy atom. The topological polar surface area (TPSA) is 35.2 Å². The molecule has 0 amide bonds. The fourth-order valence-electron chi connectivity index (χ4n) is 1.61. The van der Waals surface area contributed by atoms with Crippen molar-refractivity contribution in [2.75, 3.05) is 13.2 Å². The minimum Gasteiger partial charge on any atom is -0.494 e. The third kappa shape index (κ3) is 5.17. The summed E-state index contributed by atoms with van der Waals surface area (Å²) in [4.78, 5) is 0. The molecule has 0 unspecified atom stereocenters. The lowest BCUT2D eigenvalue weighted by molar-refractivity contribution is 0.305. The fourth-order valence-corrected chi connectivity index (χ4v) is 1.61. The van der Waals surface area contributed by atoms with Crippen molar-refractivity contribution in [1.82, 2.24) is 0 Å². The predicted molar refractivity (Wildman–Crippen MR) is 68.8 cm³/mol. The largest absolute Gasteiger partial charge is 0.494 e. The number of hydrogen-bond acceptors (Lipinski definition) is 2. The van der Waals surface area contributed by atoms with Crippen molar-refractivity contribution in [1.29, 1.82) is 0 Å². The van der Waals surface area contributed by atoms with E-state index in [-0.39, 0.29) is 0 Å². The fraction of sp³-hybridized carbons (Fsp3) is 0.571. The molecule has 0 saturated heterocycles. The maximum atomic E-state index is 5.65. The van der Waals surface area contributed by atoms with Crippen LogP contribution in [0.5, 0.6) is 5.75 Å². The molecule has 1 rings (SSSR count). The van der Waals surface area contributed by atoms with Crippen LogP contribution in [0, 0.1) is 0 Å². The van der Waals surface area contributed by atoms with E-state index in [9.17, 15) is 0 Å². The first-order chi connectivity index (χ1) is 7.86. The molecule has 0 aliphatic carbocycles. The van der Waals surface area contributed by atoms with Gasteiger partial charge in [0.1, 0.15) is 5.75 Å². The summed E-state index contributed by atoms with van der Waals surface area (Å²) in [6.07, 6.45) is 5.76. The molecule has 0 fully saturated rings. The molecule has 0 heterocycles. The molecule has 2 heteroatoms. The van der Waals surface area contributed by atoms with Crippen molar-refractivity contribution >= 4 is 0 Å². The number of nitrogens with two attached hydrogens (primary N) is 1. The zero-order valence-electron chi connectivity index (χ0n) is 10.2. The normalized spacial score (nSPS) is 10.4. The van der Waals surface area contributed by atoms with E-state index in [1.165, 1.54) is 18.4 Å². The Labute approximate surface area is 98.8 Å². The SMILES string of the molecule is CCc1ccc(OCCCCCCN)cc1. The van der Waals surface area contributed by atoms with Crippen molar-refractivity contribution in [3.63, 3.8) is 0 Å². The van der Waals surface area contributed by atoms with Gasteiger partial charge >= 0.3 is 0 Å². The van der Waals surface area contributed by atoms with Gasteiger partial charge in [-0.15, -0.1) is 0 Å². The van der Waals surface area contributed by atoms with E-state index in [2.05, 4.69) is 31.2 Å². The van der Waals surface area contributed by atoms with Crippen LogP contribution in [0.1, 0.15) is 38.2 Å². The number of rotatable bonds is 8. The van der Waals surface area contributed by atoms with Gasteiger partial charge in [-0.05, 0) is 43.5 Å². The highest BCUT2D eigenvalue weighted by Crippen LogP contribution is 2.13. The third-order valence-electron chi connectivity index (χ3n) is 2.70. The standard InChI is InChI=1S/C14H23NO/c1-2-13-7-9-14(10-8-13)16-12-6-4-3-5-11-15/h7-10H,2-6,11-12,15H2,1H3. The van der Waals surface area contributed by atoms with E-state index >= 15 is 0 Å². The van der Waals surface area contributed by atoms with Crippen molar-refractivity contribution in [3.05, 3.63) is 29.8 Å². The Morgan fingerprint density at radius 3 is 2.31 bits per heavy atom. The quantitative estimate of drug-likeness (QED) is 0.684. The minimum absolute atomic E-state index is 0.805. The van der Waals surface area contributed by atoms with Gasteiger partial charge in [0.25, 0.3) is 0 Å². The van der Waals surface area contributed by atoms with Crippen LogP contribution >= 0.6 is 0 Å². The number of unbranched alkanes of at least 4 members (excludes halogenated alkanes) is 3. The summed E-state index contributed by atoms with van der Waals surface area (Å²) in [5.41, 5.74) is 6.79. The third-order valence-corrected chi connectivity index (χ3v) is 2.70. The van der Waals surface area contributed by atoms with Gasteiger partial charge in [-0.2, -0.15) is 0 Å². The highest BCUT2D eigenvalue weighted by atomic mass is 16.5. The molecule has 90 valence electrons. The number of ether oxygens (including phenoxy) is 1. The molecule has 1 aromatic carbocycles. The zero-order valence-corrected chi connectivity index (χ0v) is 10.2. The average molecular weight is 221 g/mol. The molecule has 2 nitrogen and oxygen atoms in total. The van der Waals surface area contributed by atoms with E-state index in [0.29, 0.717) is 0 Å². The molecule has 0 spiro atoms. The Hall–Kier alpha value is -1.02. The molecule has 0 saturated carbocycles. The van der Waals surface area contributed by atoms with Gasteiger partial charge in [-0.3, -0.25) is 0 Å². The van der Waals surface area contributed by atoms with Crippen molar-refractivity contribution in [2.45, 2.75) is 39.0 Å². The molecule has 0 aliphatic heterocycles. The van der Waals surface area contributed by atoms with Gasteiger partial charge in [0.05, 0.1) is 6.61 Å². The first-order valence-corrected chi connectivity index (χ1v) is 6.28. The molecule has 0 atom stereocenters. The average Bonchev–Trinajstić information content (AvgIpc) is 2.34. The summed E-state index contributed by atoms with van der Waals surface area (Å²) in [6, 6.07) is 8.37. The lowest BCUT2D eigenvalue weighted by Gasteiger charge is -2.06. The number of aryl methyl sites for hydroxylation is 1. The smallest absolute Gasteiger partial charge is 0.119 e. The Bertz CT molecular complexity index is 269. The Morgan fingerprint density at radius 2 is 1.69 bits per heavy atom. The lowest BCUT2D eigenvalue weighted by atomic mass is 10.2. The highest BCUT2D eigenvalue weighted by Gasteiger charge is 1.94. The van der Waals surface area contributed by atoms with Crippen LogP contribution in [0.4, 0.5) is 0 Å². The van der Waals surface area contributed by atoms with Crippen LogP contribution in [0.25, 0.3) is 0 Å². The predicted octanol–water partition coefficient (Wildman–Crippen LogP) is 3.15. The van der Waals surface area contributed by atoms with Crippen LogP contribution < -0.4 is 10.5 Å². The van der Waals surface area contributed by atoms with E-state index in [1.54, 1.807) is 0 Å². The second kappa shape index (κ2) is 8.17. The summed E-state index contributed by atoms with van der Waals surface area (Å²) < 4.78 is 5.65. The first kappa shape index (κ1) is 13.0. The van der Waals surface area contributed by atoms with Crippen LogP contribution in [0.3, 0.4) is 0 Å². The number of benzene rings is 1. The maximum Gasteiger partial charge on any atom is 0.119 e. The molecule has 16 heavy (non-hydrogen) atoms. The Kier molecular flexibility index (Phi) is 6.66. The van der Waals surface area contributed by atoms with Gasteiger partial charge in [0.15, 0.2) is 0 Å². The highest BCUT2D eigenvalue weighted by molar-refractivity contribution is 5.27.